The lowest BCUT2D eigenvalue weighted by atomic mass is 9.97. The van der Waals surface area contributed by atoms with E-state index in [4.69, 9.17) is 23.1 Å². The van der Waals surface area contributed by atoms with E-state index in [1.807, 2.05) is 24.3 Å². The lowest BCUT2D eigenvalue weighted by Gasteiger charge is -2.19. The minimum atomic E-state index is -0.898. The van der Waals surface area contributed by atoms with Crippen molar-refractivity contribution in [3.05, 3.63) is 34.9 Å². The maximum absolute atomic E-state index is 11.0. The van der Waals surface area contributed by atoms with Crippen molar-refractivity contribution in [1.29, 1.82) is 0 Å². The summed E-state index contributed by atoms with van der Waals surface area (Å²) in [6, 6.07) is 7.81. The van der Waals surface area contributed by atoms with E-state index in [1.165, 1.54) is 0 Å². The molecule has 0 saturated carbocycles. The Bertz CT molecular complexity index is 410. The number of amides is 1. The molecule has 1 atom stereocenters. The first-order valence-electron chi connectivity index (χ1n) is 5.83. The predicted octanol–water partition coefficient (Wildman–Crippen LogP) is 2.56. The van der Waals surface area contributed by atoms with Crippen LogP contribution < -0.4 is 11.5 Å². The third kappa shape index (κ3) is 4.88. The smallest absolute Gasteiger partial charge is 0.237 e. The highest BCUT2D eigenvalue weighted by molar-refractivity contribution is 7.98. The largest absolute Gasteiger partial charge is 0.368 e. The number of carbonyl (C=O) groups is 1. The average molecular weight is 287 g/mol. The number of primary amides is 1. The van der Waals surface area contributed by atoms with Gasteiger partial charge < -0.3 is 11.5 Å². The third-order valence-electron chi connectivity index (χ3n) is 2.76. The zero-order chi connectivity index (χ0) is 13.6. The molecule has 0 fully saturated rings. The Morgan fingerprint density at radius 3 is 2.72 bits per heavy atom. The quantitative estimate of drug-likeness (QED) is 0.757. The minimum Gasteiger partial charge on any atom is -0.368 e. The molecule has 100 valence electrons. The molecule has 0 radical (unpaired) electrons. The number of carbonyl (C=O) groups excluding carboxylic acids is 1. The van der Waals surface area contributed by atoms with E-state index in [-0.39, 0.29) is 0 Å². The summed E-state index contributed by atoms with van der Waals surface area (Å²) in [7, 11) is 0. The molecule has 5 heteroatoms. The van der Waals surface area contributed by atoms with Gasteiger partial charge in [0.05, 0.1) is 5.54 Å². The molecule has 4 N–H and O–H groups in total. The van der Waals surface area contributed by atoms with Gasteiger partial charge in [-0.2, -0.15) is 11.8 Å². The Balaban J connectivity index is 2.24. The van der Waals surface area contributed by atoms with Crippen molar-refractivity contribution in [1.82, 2.24) is 0 Å². The zero-order valence-electron chi connectivity index (χ0n) is 10.5. The van der Waals surface area contributed by atoms with Crippen LogP contribution in [0.2, 0.25) is 5.02 Å². The summed E-state index contributed by atoms with van der Waals surface area (Å²) in [5, 5.41) is 0.797. The molecule has 0 aromatic heterocycles. The minimum absolute atomic E-state index is 0.446. The van der Waals surface area contributed by atoms with Crippen LogP contribution in [0.3, 0.4) is 0 Å². The number of nitrogens with two attached hydrogens (primary N) is 2. The van der Waals surface area contributed by atoms with Gasteiger partial charge in [-0.05, 0) is 37.1 Å². The van der Waals surface area contributed by atoms with Gasteiger partial charge in [0.25, 0.3) is 0 Å². The number of benzene rings is 1. The van der Waals surface area contributed by atoms with Gasteiger partial charge in [0.1, 0.15) is 0 Å². The molecule has 0 aliphatic rings. The third-order valence-corrected chi connectivity index (χ3v) is 4.22. The van der Waals surface area contributed by atoms with Gasteiger partial charge in [0.15, 0.2) is 0 Å². The van der Waals surface area contributed by atoms with Crippen LogP contribution in [0.4, 0.5) is 0 Å². The predicted molar refractivity (Wildman–Crippen MR) is 78.6 cm³/mol. The molecule has 0 aliphatic carbocycles. The standard InChI is InChI=1S/C13H19ClN2OS/c1-13(16,12(15)17)7-4-8-18-9-10-5-2-3-6-11(10)14/h2-3,5-6H,4,7-9,16H2,1H3,(H2,15,17). The van der Waals surface area contributed by atoms with Gasteiger partial charge in [-0.1, -0.05) is 29.8 Å². The van der Waals surface area contributed by atoms with E-state index in [1.54, 1.807) is 18.7 Å². The molecule has 1 aromatic carbocycles. The molecule has 0 spiro atoms. The summed E-state index contributed by atoms with van der Waals surface area (Å²) in [6.45, 7) is 1.67. The SMILES string of the molecule is CC(N)(CCCSCc1ccccc1Cl)C(N)=O. The topological polar surface area (TPSA) is 69.1 Å². The van der Waals surface area contributed by atoms with Crippen molar-refractivity contribution >= 4 is 29.3 Å². The molecule has 0 aliphatic heterocycles. The first-order chi connectivity index (χ1) is 8.43. The highest BCUT2D eigenvalue weighted by Gasteiger charge is 2.24. The van der Waals surface area contributed by atoms with Gasteiger partial charge in [0.2, 0.25) is 5.91 Å². The first kappa shape index (κ1) is 15.3. The molecule has 1 unspecified atom stereocenters. The molecule has 0 saturated heterocycles. The average Bonchev–Trinajstić information content (AvgIpc) is 2.30. The molecule has 1 aromatic rings. The highest BCUT2D eigenvalue weighted by atomic mass is 35.5. The molecule has 0 bridgehead atoms. The van der Waals surface area contributed by atoms with E-state index >= 15 is 0 Å². The summed E-state index contributed by atoms with van der Waals surface area (Å²) in [6.07, 6.45) is 1.48. The van der Waals surface area contributed by atoms with Crippen molar-refractivity contribution in [3.8, 4) is 0 Å². The summed E-state index contributed by atoms with van der Waals surface area (Å²) in [4.78, 5) is 11.0. The first-order valence-corrected chi connectivity index (χ1v) is 7.36. The molecular formula is C13H19ClN2OS. The zero-order valence-corrected chi connectivity index (χ0v) is 12.1. The fourth-order valence-electron chi connectivity index (χ4n) is 1.46. The van der Waals surface area contributed by atoms with Gasteiger partial charge in [-0.25, -0.2) is 0 Å². The van der Waals surface area contributed by atoms with Gasteiger partial charge in [-0.15, -0.1) is 0 Å². The fraction of sp³-hybridized carbons (Fsp3) is 0.462. The maximum Gasteiger partial charge on any atom is 0.237 e. The number of thioether (sulfide) groups is 1. The van der Waals surface area contributed by atoms with Gasteiger partial charge in [0, 0.05) is 10.8 Å². The van der Waals surface area contributed by atoms with Crippen LogP contribution in [0.1, 0.15) is 25.3 Å². The van der Waals surface area contributed by atoms with Crippen LogP contribution in [-0.4, -0.2) is 17.2 Å². The lowest BCUT2D eigenvalue weighted by molar-refractivity contribution is -0.122. The summed E-state index contributed by atoms with van der Waals surface area (Å²) < 4.78 is 0. The van der Waals surface area contributed by atoms with E-state index in [0.29, 0.717) is 6.42 Å². The molecule has 3 nitrogen and oxygen atoms in total. The van der Waals surface area contributed by atoms with Crippen molar-refractivity contribution < 1.29 is 4.79 Å². The van der Waals surface area contributed by atoms with Crippen LogP contribution in [0.5, 0.6) is 0 Å². The molecule has 0 heterocycles. The Morgan fingerprint density at radius 1 is 1.44 bits per heavy atom. The summed E-state index contributed by atoms with van der Waals surface area (Å²) in [5.74, 6) is 1.36. The van der Waals surface area contributed by atoms with Crippen molar-refractivity contribution in [2.75, 3.05) is 5.75 Å². The Labute approximate surface area is 117 Å². The van der Waals surface area contributed by atoms with E-state index in [9.17, 15) is 4.79 Å². The highest BCUT2D eigenvalue weighted by Crippen LogP contribution is 2.22. The van der Waals surface area contributed by atoms with Crippen LogP contribution in [0.15, 0.2) is 24.3 Å². The van der Waals surface area contributed by atoms with Crippen LogP contribution in [-0.2, 0) is 10.5 Å². The van der Waals surface area contributed by atoms with Crippen LogP contribution >= 0.6 is 23.4 Å². The number of halogens is 1. The summed E-state index contributed by atoms with van der Waals surface area (Å²) in [5.41, 5.74) is 11.2. The lowest BCUT2D eigenvalue weighted by Crippen LogP contribution is -2.49. The van der Waals surface area contributed by atoms with Crippen molar-refractivity contribution in [2.45, 2.75) is 31.1 Å². The second kappa shape index (κ2) is 7.02. The monoisotopic (exact) mass is 286 g/mol. The van der Waals surface area contributed by atoms with Crippen LogP contribution in [0, 0.1) is 0 Å². The second-order valence-corrected chi connectivity index (χ2v) is 6.04. The van der Waals surface area contributed by atoms with E-state index < -0.39 is 11.4 Å². The number of hydrogen-bond acceptors (Lipinski definition) is 3. The summed E-state index contributed by atoms with van der Waals surface area (Å²) >= 11 is 7.84. The Hall–Kier alpha value is -0.710. The Morgan fingerprint density at radius 2 is 2.11 bits per heavy atom. The van der Waals surface area contributed by atoms with E-state index in [2.05, 4.69) is 0 Å². The molecule has 1 rings (SSSR count). The van der Waals surface area contributed by atoms with Crippen LogP contribution in [0.25, 0.3) is 0 Å². The molecule has 1 amide bonds. The molecular weight excluding hydrogens is 268 g/mol. The maximum atomic E-state index is 11.0. The molecule has 18 heavy (non-hydrogen) atoms. The van der Waals surface area contributed by atoms with Gasteiger partial charge >= 0.3 is 0 Å². The Kier molecular flexibility index (Phi) is 5.99. The number of hydrogen-bond donors (Lipinski definition) is 2. The normalized spacial score (nSPS) is 14.2. The van der Waals surface area contributed by atoms with Gasteiger partial charge in [-0.3, -0.25) is 4.79 Å². The second-order valence-electron chi connectivity index (χ2n) is 4.53. The fourth-order valence-corrected chi connectivity index (χ4v) is 2.71. The van der Waals surface area contributed by atoms with Crippen molar-refractivity contribution in [3.63, 3.8) is 0 Å². The van der Waals surface area contributed by atoms with E-state index in [0.717, 1.165) is 28.5 Å². The number of rotatable bonds is 7. The van der Waals surface area contributed by atoms with Crippen molar-refractivity contribution in [2.24, 2.45) is 11.5 Å².